The minimum Gasteiger partial charge on any atom is -0.487 e. The number of likely N-dealkylation sites (N-methyl/N-ethyl adjacent to an activating group) is 1. The van der Waals surface area contributed by atoms with Crippen molar-refractivity contribution in [3.05, 3.63) is 17.8 Å². The normalized spacial score (nSPS) is 20.6. The average Bonchev–Trinajstić information content (AvgIpc) is 2.64. The second-order valence-corrected chi connectivity index (χ2v) is 4.01. The first-order valence-electron chi connectivity index (χ1n) is 5.20. The predicted octanol–water partition coefficient (Wildman–Crippen LogP) is 0.618. The molecule has 1 aromatic rings. The molecule has 2 rings (SSSR count). The van der Waals surface area contributed by atoms with Crippen molar-refractivity contribution in [1.82, 2.24) is 9.88 Å². The van der Waals surface area contributed by atoms with Gasteiger partial charge in [0, 0.05) is 19.2 Å². The molecule has 1 aliphatic heterocycles. The van der Waals surface area contributed by atoms with Crippen molar-refractivity contribution in [2.45, 2.75) is 12.5 Å². The summed E-state index contributed by atoms with van der Waals surface area (Å²) >= 11 is 0. The molecule has 1 saturated heterocycles. The van der Waals surface area contributed by atoms with Crippen LogP contribution in [0.5, 0.6) is 5.75 Å². The Bertz CT molecular complexity index is 426. The van der Waals surface area contributed by atoms with E-state index in [2.05, 4.69) is 23.0 Å². The van der Waals surface area contributed by atoms with Gasteiger partial charge in [0.25, 0.3) is 0 Å². The topological polar surface area (TPSA) is 75.2 Å². The maximum Gasteiger partial charge on any atom is 0.142 e. The minimum absolute atomic E-state index is 0.138. The zero-order chi connectivity index (χ0) is 11.5. The van der Waals surface area contributed by atoms with Crippen molar-refractivity contribution >= 4 is 5.82 Å². The van der Waals surface area contributed by atoms with Gasteiger partial charge in [-0.05, 0) is 13.5 Å². The fraction of sp³-hybridized carbons (Fsp3) is 0.455. The van der Waals surface area contributed by atoms with Gasteiger partial charge < -0.3 is 15.4 Å². The summed E-state index contributed by atoms with van der Waals surface area (Å²) in [5.74, 6) is 0.913. The molecular formula is C11H14N4O. The summed E-state index contributed by atoms with van der Waals surface area (Å²) in [6.45, 7) is 1.90. The van der Waals surface area contributed by atoms with Gasteiger partial charge in [-0.3, -0.25) is 0 Å². The Morgan fingerprint density at radius 1 is 1.69 bits per heavy atom. The number of pyridine rings is 1. The summed E-state index contributed by atoms with van der Waals surface area (Å²) in [5, 5.41) is 8.91. The summed E-state index contributed by atoms with van der Waals surface area (Å²) in [7, 11) is 2.05. The maximum atomic E-state index is 8.91. The zero-order valence-electron chi connectivity index (χ0n) is 9.18. The van der Waals surface area contributed by atoms with Crippen LogP contribution in [-0.4, -0.2) is 36.1 Å². The molecule has 84 valence electrons. The van der Waals surface area contributed by atoms with Crippen LogP contribution in [0, 0.1) is 11.3 Å². The van der Waals surface area contributed by atoms with Gasteiger partial charge in [-0.25, -0.2) is 4.98 Å². The highest BCUT2D eigenvalue weighted by molar-refractivity contribution is 5.47. The molecule has 0 spiro atoms. The Hall–Kier alpha value is -1.80. The van der Waals surface area contributed by atoms with Crippen LogP contribution in [-0.2, 0) is 0 Å². The number of nitriles is 1. The summed E-state index contributed by atoms with van der Waals surface area (Å²) < 4.78 is 5.76. The van der Waals surface area contributed by atoms with Crippen molar-refractivity contribution in [3.8, 4) is 11.8 Å². The van der Waals surface area contributed by atoms with E-state index >= 15 is 0 Å². The van der Waals surface area contributed by atoms with Crippen molar-refractivity contribution in [2.24, 2.45) is 0 Å². The van der Waals surface area contributed by atoms with Gasteiger partial charge in [0.1, 0.15) is 29.3 Å². The first kappa shape index (κ1) is 10.7. The van der Waals surface area contributed by atoms with Gasteiger partial charge in [0.15, 0.2) is 0 Å². The lowest BCUT2D eigenvalue weighted by Crippen LogP contribution is -2.21. The number of hydrogen-bond acceptors (Lipinski definition) is 5. The number of nitrogens with zero attached hydrogens (tertiary/aromatic N) is 3. The predicted molar refractivity (Wildman–Crippen MR) is 59.9 cm³/mol. The lowest BCUT2D eigenvalue weighted by atomic mass is 10.2. The van der Waals surface area contributed by atoms with E-state index < -0.39 is 0 Å². The van der Waals surface area contributed by atoms with E-state index in [0.717, 1.165) is 19.5 Å². The molecule has 1 fully saturated rings. The number of nitrogens with two attached hydrogens (primary N) is 1. The number of nitrogen functional groups attached to an aromatic ring is 1. The molecular weight excluding hydrogens is 204 g/mol. The summed E-state index contributed by atoms with van der Waals surface area (Å²) in [6.07, 6.45) is 2.56. The van der Waals surface area contributed by atoms with Crippen molar-refractivity contribution < 1.29 is 4.74 Å². The van der Waals surface area contributed by atoms with E-state index in [9.17, 15) is 0 Å². The molecule has 1 aromatic heterocycles. The number of ether oxygens (including phenoxy) is 1. The number of likely N-dealkylation sites (tertiary alicyclic amines) is 1. The fourth-order valence-electron chi connectivity index (χ4n) is 1.80. The molecule has 1 aliphatic rings. The largest absolute Gasteiger partial charge is 0.487 e. The van der Waals surface area contributed by atoms with Crippen LogP contribution in [0.25, 0.3) is 0 Å². The Morgan fingerprint density at radius 3 is 3.12 bits per heavy atom. The summed E-state index contributed by atoms with van der Waals surface area (Å²) in [4.78, 5) is 6.06. The highest BCUT2D eigenvalue weighted by Gasteiger charge is 2.22. The van der Waals surface area contributed by atoms with Crippen LogP contribution in [0.1, 0.15) is 12.0 Å². The van der Waals surface area contributed by atoms with E-state index in [0.29, 0.717) is 17.1 Å². The third kappa shape index (κ3) is 2.23. The molecule has 5 nitrogen and oxygen atoms in total. The molecule has 0 unspecified atom stereocenters. The molecule has 0 radical (unpaired) electrons. The molecule has 2 N–H and O–H groups in total. The molecule has 0 aromatic carbocycles. The van der Waals surface area contributed by atoms with Crippen LogP contribution < -0.4 is 10.5 Å². The monoisotopic (exact) mass is 218 g/mol. The van der Waals surface area contributed by atoms with Gasteiger partial charge >= 0.3 is 0 Å². The zero-order valence-corrected chi connectivity index (χ0v) is 9.18. The number of hydrogen-bond donors (Lipinski definition) is 1. The Kier molecular flexibility index (Phi) is 2.93. The molecule has 0 amide bonds. The molecule has 0 bridgehead atoms. The summed E-state index contributed by atoms with van der Waals surface area (Å²) in [5.41, 5.74) is 6.01. The van der Waals surface area contributed by atoms with E-state index in [1.807, 2.05) is 0 Å². The van der Waals surface area contributed by atoms with Gasteiger partial charge in [0.2, 0.25) is 0 Å². The summed E-state index contributed by atoms with van der Waals surface area (Å²) in [6, 6.07) is 3.66. The van der Waals surface area contributed by atoms with E-state index in [4.69, 9.17) is 15.7 Å². The number of anilines is 1. The van der Waals surface area contributed by atoms with E-state index in [1.165, 1.54) is 6.20 Å². The third-order valence-corrected chi connectivity index (χ3v) is 2.65. The number of rotatable bonds is 2. The average molecular weight is 218 g/mol. The number of aromatic nitrogens is 1. The quantitative estimate of drug-likeness (QED) is 0.787. The van der Waals surface area contributed by atoms with E-state index in [1.54, 1.807) is 6.07 Å². The molecule has 5 heteroatoms. The van der Waals surface area contributed by atoms with Crippen LogP contribution in [0.15, 0.2) is 12.3 Å². The van der Waals surface area contributed by atoms with Gasteiger partial charge in [-0.15, -0.1) is 0 Å². The lowest BCUT2D eigenvalue weighted by Gasteiger charge is -2.14. The first-order valence-corrected chi connectivity index (χ1v) is 5.20. The van der Waals surface area contributed by atoms with E-state index in [-0.39, 0.29) is 6.10 Å². The molecule has 0 aliphatic carbocycles. The van der Waals surface area contributed by atoms with Crippen LogP contribution in [0.2, 0.25) is 0 Å². The Morgan fingerprint density at radius 2 is 2.50 bits per heavy atom. The standard InChI is InChI=1S/C11H14N4O/c1-15-3-2-9(7-15)16-10-4-11(13)14-6-8(10)5-12/h4,6,9H,2-3,7H2,1H3,(H2,13,14)/t9-/m1/s1. The van der Waals surface area contributed by atoms with Gasteiger partial charge in [0.05, 0.1) is 6.20 Å². The van der Waals surface area contributed by atoms with Gasteiger partial charge in [-0.2, -0.15) is 5.26 Å². The van der Waals surface area contributed by atoms with Gasteiger partial charge in [-0.1, -0.05) is 0 Å². The lowest BCUT2D eigenvalue weighted by molar-refractivity contribution is 0.207. The Labute approximate surface area is 94.4 Å². The van der Waals surface area contributed by atoms with Crippen LogP contribution in [0.3, 0.4) is 0 Å². The second kappa shape index (κ2) is 4.37. The molecule has 16 heavy (non-hydrogen) atoms. The van der Waals surface area contributed by atoms with Crippen LogP contribution in [0.4, 0.5) is 5.82 Å². The first-order chi connectivity index (χ1) is 7.69. The third-order valence-electron chi connectivity index (χ3n) is 2.65. The second-order valence-electron chi connectivity index (χ2n) is 4.01. The van der Waals surface area contributed by atoms with Crippen molar-refractivity contribution in [3.63, 3.8) is 0 Å². The molecule has 1 atom stereocenters. The SMILES string of the molecule is CN1CC[C@@H](Oc2cc(N)ncc2C#N)C1. The molecule has 2 heterocycles. The highest BCUT2D eigenvalue weighted by atomic mass is 16.5. The van der Waals surface area contributed by atoms with Crippen LogP contribution >= 0.6 is 0 Å². The molecule has 0 saturated carbocycles. The Balaban J connectivity index is 2.14. The fourth-order valence-corrected chi connectivity index (χ4v) is 1.80. The highest BCUT2D eigenvalue weighted by Crippen LogP contribution is 2.22. The maximum absolute atomic E-state index is 8.91. The smallest absolute Gasteiger partial charge is 0.142 e. The minimum atomic E-state index is 0.138. The van der Waals surface area contributed by atoms with Crippen molar-refractivity contribution in [1.29, 1.82) is 5.26 Å². The van der Waals surface area contributed by atoms with Crippen molar-refractivity contribution in [2.75, 3.05) is 25.9 Å².